The van der Waals surface area contributed by atoms with E-state index in [1.54, 1.807) is 0 Å². The quantitative estimate of drug-likeness (QED) is 0.176. The van der Waals surface area contributed by atoms with Crippen molar-refractivity contribution < 1.29 is 8.83 Å². The van der Waals surface area contributed by atoms with Gasteiger partial charge in [0.05, 0.1) is 22.5 Å². The monoisotopic (exact) mass is 741 g/mol. The van der Waals surface area contributed by atoms with Crippen LogP contribution in [0, 0.1) is 0 Å². The Bertz CT molecular complexity index is 3570. The lowest BCUT2D eigenvalue weighted by Gasteiger charge is -2.14. The Morgan fingerprint density at radius 3 is 1.67 bits per heavy atom. The molecule has 0 saturated carbocycles. The highest BCUT2D eigenvalue weighted by Gasteiger charge is 2.19. The summed E-state index contributed by atoms with van der Waals surface area (Å²) in [6.45, 7) is 0. The Kier molecular flexibility index (Phi) is 7.16. The van der Waals surface area contributed by atoms with Crippen LogP contribution >= 0.6 is 0 Å². The van der Waals surface area contributed by atoms with Gasteiger partial charge in [-0.25, -0.2) is 15.0 Å². The molecule has 270 valence electrons. The van der Waals surface area contributed by atoms with E-state index in [1.807, 2.05) is 54.6 Å². The first-order valence-electron chi connectivity index (χ1n) is 19.4. The molecule has 0 aliphatic carbocycles. The van der Waals surface area contributed by atoms with E-state index in [-0.39, 0.29) is 0 Å². The van der Waals surface area contributed by atoms with Crippen molar-refractivity contribution in [1.82, 2.24) is 15.0 Å². The number of rotatable bonds is 5. The van der Waals surface area contributed by atoms with Crippen LogP contribution in [0.1, 0.15) is 0 Å². The summed E-state index contributed by atoms with van der Waals surface area (Å²) in [5.74, 6) is 0.659. The van der Waals surface area contributed by atoms with Crippen LogP contribution in [0.25, 0.3) is 122 Å². The van der Waals surface area contributed by atoms with Crippen LogP contribution in [0.2, 0.25) is 0 Å². The number of aromatic nitrogens is 3. The van der Waals surface area contributed by atoms with Crippen molar-refractivity contribution in [3.63, 3.8) is 0 Å². The standard InChI is InChI=1S/C53H31N3O2/c1-2-13-34(14-3-1)52-54-45(31-46(55-52)43-22-12-21-42-39-17-8-10-23-47(39)57-51(42)43)38-30-29-35(36-15-4-5-16-37(36)38)32-25-27-33(28-26-32)50-41-19-7-6-18-40(41)49-44-20-9-11-24-48(44)58-53(49)56-50/h1-31H. The Morgan fingerprint density at radius 1 is 0.328 bits per heavy atom. The maximum absolute atomic E-state index is 6.48. The molecule has 8 aromatic carbocycles. The fourth-order valence-electron chi connectivity index (χ4n) is 8.63. The van der Waals surface area contributed by atoms with Gasteiger partial charge in [-0.1, -0.05) is 164 Å². The van der Waals surface area contributed by atoms with Gasteiger partial charge in [0, 0.05) is 43.8 Å². The second-order valence-corrected chi connectivity index (χ2v) is 14.7. The van der Waals surface area contributed by atoms with Gasteiger partial charge in [0.25, 0.3) is 0 Å². The fourth-order valence-corrected chi connectivity index (χ4v) is 8.63. The average Bonchev–Trinajstić information content (AvgIpc) is 3.87. The smallest absolute Gasteiger partial charge is 0.228 e. The highest BCUT2D eigenvalue weighted by atomic mass is 16.3. The summed E-state index contributed by atoms with van der Waals surface area (Å²) in [6, 6.07) is 65.1. The molecule has 58 heavy (non-hydrogen) atoms. The summed E-state index contributed by atoms with van der Waals surface area (Å²) in [5.41, 5.74) is 11.9. The van der Waals surface area contributed by atoms with Crippen LogP contribution in [0.15, 0.2) is 197 Å². The van der Waals surface area contributed by atoms with Crippen molar-refractivity contribution in [1.29, 1.82) is 0 Å². The molecule has 0 atom stereocenters. The van der Waals surface area contributed by atoms with Gasteiger partial charge in [-0.3, -0.25) is 0 Å². The largest absolute Gasteiger partial charge is 0.455 e. The molecule has 0 fully saturated rings. The second-order valence-electron chi connectivity index (χ2n) is 14.7. The van der Waals surface area contributed by atoms with E-state index < -0.39 is 0 Å². The summed E-state index contributed by atoms with van der Waals surface area (Å²) in [5, 5.41) is 8.76. The van der Waals surface area contributed by atoms with Gasteiger partial charge in [-0.2, -0.15) is 0 Å². The van der Waals surface area contributed by atoms with Crippen LogP contribution < -0.4 is 0 Å². The zero-order valence-electron chi connectivity index (χ0n) is 31.1. The molecule has 0 spiro atoms. The number of pyridine rings is 1. The Labute approximate surface area is 332 Å². The number of nitrogens with zero attached hydrogens (tertiary/aromatic N) is 3. The van der Waals surface area contributed by atoms with Gasteiger partial charge in [0.2, 0.25) is 5.71 Å². The van der Waals surface area contributed by atoms with E-state index in [1.165, 1.54) is 0 Å². The van der Waals surface area contributed by atoms with E-state index in [9.17, 15) is 0 Å². The van der Waals surface area contributed by atoms with Gasteiger partial charge in [-0.05, 0) is 51.6 Å². The first-order valence-corrected chi connectivity index (χ1v) is 19.4. The summed E-state index contributed by atoms with van der Waals surface area (Å²) in [4.78, 5) is 15.5. The molecule has 0 unspecified atom stereocenters. The van der Waals surface area contributed by atoms with E-state index in [4.69, 9.17) is 23.8 Å². The molecule has 0 amide bonds. The molecular weight excluding hydrogens is 711 g/mol. The lowest BCUT2D eigenvalue weighted by atomic mass is 9.92. The van der Waals surface area contributed by atoms with Crippen molar-refractivity contribution in [3.8, 4) is 56.3 Å². The van der Waals surface area contributed by atoms with E-state index in [0.717, 1.165) is 110 Å². The molecule has 4 heterocycles. The zero-order valence-corrected chi connectivity index (χ0v) is 31.1. The molecule has 0 saturated heterocycles. The Hall–Kier alpha value is -7.89. The number of hydrogen-bond acceptors (Lipinski definition) is 5. The average molecular weight is 742 g/mol. The van der Waals surface area contributed by atoms with Gasteiger partial charge < -0.3 is 8.83 Å². The van der Waals surface area contributed by atoms with Crippen LogP contribution in [0.4, 0.5) is 0 Å². The fraction of sp³-hybridized carbons (Fsp3) is 0. The predicted octanol–water partition coefficient (Wildman–Crippen LogP) is 14.3. The van der Waals surface area contributed by atoms with Crippen molar-refractivity contribution in [2.45, 2.75) is 0 Å². The third kappa shape index (κ3) is 5.07. The SMILES string of the molecule is c1ccc(-c2nc(-c3ccc(-c4ccc(-c5nc6oc7ccccc7c6c6ccccc56)cc4)c4ccccc34)cc(-c3cccc4c3oc3ccccc34)n2)cc1. The van der Waals surface area contributed by atoms with Crippen molar-refractivity contribution >= 4 is 65.6 Å². The number of para-hydroxylation sites is 3. The Morgan fingerprint density at radius 2 is 0.897 bits per heavy atom. The molecule has 5 heteroatoms. The lowest BCUT2D eigenvalue weighted by molar-refractivity contribution is 0.655. The van der Waals surface area contributed by atoms with E-state index in [0.29, 0.717) is 11.5 Å². The normalized spacial score (nSPS) is 11.8. The van der Waals surface area contributed by atoms with E-state index in [2.05, 4.69) is 133 Å². The van der Waals surface area contributed by atoms with E-state index >= 15 is 0 Å². The first kappa shape index (κ1) is 32.4. The minimum Gasteiger partial charge on any atom is -0.455 e. The molecule has 12 aromatic rings. The highest BCUT2D eigenvalue weighted by molar-refractivity contribution is 6.20. The third-order valence-corrected chi connectivity index (χ3v) is 11.3. The van der Waals surface area contributed by atoms with Crippen molar-refractivity contribution in [3.05, 3.63) is 188 Å². The molecule has 0 radical (unpaired) electrons. The van der Waals surface area contributed by atoms with Gasteiger partial charge in [0.15, 0.2) is 5.82 Å². The lowest BCUT2D eigenvalue weighted by Crippen LogP contribution is -1.97. The first-order chi connectivity index (χ1) is 28.7. The summed E-state index contributed by atoms with van der Waals surface area (Å²) >= 11 is 0. The molecule has 4 aromatic heterocycles. The Balaban J connectivity index is 0.991. The molecule has 0 bridgehead atoms. The molecule has 0 aliphatic rings. The number of furan rings is 2. The van der Waals surface area contributed by atoms with Gasteiger partial charge in [-0.15, -0.1) is 0 Å². The molecular formula is C53H31N3O2. The number of benzene rings is 8. The van der Waals surface area contributed by atoms with Crippen LogP contribution in [-0.4, -0.2) is 15.0 Å². The van der Waals surface area contributed by atoms with Crippen LogP contribution in [0.5, 0.6) is 0 Å². The highest BCUT2D eigenvalue weighted by Crippen LogP contribution is 2.41. The summed E-state index contributed by atoms with van der Waals surface area (Å²) < 4.78 is 12.8. The number of fused-ring (bicyclic) bond motifs is 9. The van der Waals surface area contributed by atoms with Gasteiger partial charge >= 0.3 is 0 Å². The minimum atomic E-state index is 0.651. The predicted molar refractivity (Wildman–Crippen MR) is 237 cm³/mol. The maximum atomic E-state index is 6.48. The number of hydrogen-bond donors (Lipinski definition) is 0. The molecule has 0 N–H and O–H groups in total. The van der Waals surface area contributed by atoms with Crippen LogP contribution in [-0.2, 0) is 0 Å². The maximum Gasteiger partial charge on any atom is 0.228 e. The summed E-state index contributed by atoms with van der Waals surface area (Å²) in [7, 11) is 0. The van der Waals surface area contributed by atoms with Gasteiger partial charge in [0.1, 0.15) is 16.7 Å². The third-order valence-electron chi connectivity index (χ3n) is 11.3. The second kappa shape index (κ2) is 12.8. The van der Waals surface area contributed by atoms with Crippen LogP contribution in [0.3, 0.4) is 0 Å². The summed E-state index contributed by atoms with van der Waals surface area (Å²) in [6.07, 6.45) is 0. The zero-order chi connectivity index (χ0) is 38.2. The topological polar surface area (TPSA) is 65.0 Å². The molecule has 5 nitrogen and oxygen atoms in total. The molecule has 0 aliphatic heterocycles. The molecule has 12 rings (SSSR count). The van der Waals surface area contributed by atoms with Crippen molar-refractivity contribution in [2.24, 2.45) is 0 Å². The van der Waals surface area contributed by atoms with Crippen molar-refractivity contribution in [2.75, 3.05) is 0 Å². The minimum absolute atomic E-state index is 0.651.